The summed E-state index contributed by atoms with van der Waals surface area (Å²) in [5.74, 6) is 0.551. The fourth-order valence-corrected chi connectivity index (χ4v) is 5.68. The minimum absolute atomic E-state index is 0.181. The van der Waals surface area contributed by atoms with Gasteiger partial charge in [-0.2, -0.15) is 0 Å². The quantitative estimate of drug-likeness (QED) is 0.309. The summed E-state index contributed by atoms with van der Waals surface area (Å²) in [6.07, 6.45) is 3.83. The minimum atomic E-state index is -0.235. The Morgan fingerprint density at radius 2 is 1.71 bits per heavy atom. The van der Waals surface area contributed by atoms with E-state index in [1.807, 2.05) is 36.4 Å². The number of nitrogens with one attached hydrogen (secondary N) is 1. The van der Waals surface area contributed by atoms with Crippen LogP contribution >= 0.6 is 34.8 Å². The Kier molecular flexibility index (Phi) is 7.01. The van der Waals surface area contributed by atoms with Crippen molar-refractivity contribution in [3.63, 3.8) is 0 Å². The van der Waals surface area contributed by atoms with Gasteiger partial charge in [-0.1, -0.05) is 65.1 Å². The highest BCUT2D eigenvalue weighted by molar-refractivity contribution is 6.44. The number of aromatic nitrogens is 2. The smallest absolute Gasteiger partial charge is 0.255 e. The Morgan fingerprint density at radius 1 is 0.921 bits per heavy atom. The van der Waals surface area contributed by atoms with Crippen molar-refractivity contribution in [3.05, 3.63) is 81.1 Å². The van der Waals surface area contributed by atoms with Crippen molar-refractivity contribution in [2.45, 2.75) is 12.5 Å². The first-order valence-corrected chi connectivity index (χ1v) is 13.4. The van der Waals surface area contributed by atoms with Gasteiger partial charge in [0.1, 0.15) is 16.8 Å². The summed E-state index contributed by atoms with van der Waals surface area (Å²) in [6, 6.07) is 12.9. The van der Waals surface area contributed by atoms with Gasteiger partial charge in [0, 0.05) is 48.6 Å². The van der Waals surface area contributed by atoms with Crippen molar-refractivity contribution < 1.29 is 14.3 Å². The Balaban J connectivity index is 1.49. The summed E-state index contributed by atoms with van der Waals surface area (Å²) in [5, 5.41) is 4.37. The Hall–Kier alpha value is -3.10. The van der Waals surface area contributed by atoms with Gasteiger partial charge >= 0.3 is 0 Å². The zero-order chi connectivity index (χ0) is 26.2. The summed E-state index contributed by atoms with van der Waals surface area (Å²) in [4.78, 5) is 25.3. The van der Waals surface area contributed by atoms with E-state index in [0.29, 0.717) is 87.8 Å². The molecule has 0 aliphatic carbocycles. The van der Waals surface area contributed by atoms with E-state index in [-0.39, 0.29) is 11.9 Å². The van der Waals surface area contributed by atoms with Crippen molar-refractivity contribution in [3.8, 4) is 16.9 Å². The van der Waals surface area contributed by atoms with E-state index in [0.717, 1.165) is 11.3 Å². The van der Waals surface area contributed by atoms with Crippen LogP contribution in [0.1, 0.15) is 28.4 Å². The molecule has 1 atom stereocenters. The number of hydrogen-bond donors (Lipinski definition) is 1. The van der Waals surface area contributed by atoms with Crippen molar-refractivity contribution >= 4 is 57.4 Å². The van der Waals surface area contributed by atoms with Crippen LogP contribution < -0.4 is 15.0 Å². The zero-order valence-corrected chi connectivity index (χ0v) is 22.5. The second kappa shape index (κ2) is 10.6. The minimum Gasteiger partial charge on any atom is -0.493 e. The van der Waals surface area contributed by atoms with E-state index < -0.39 is 0 Å². The van der Waals surface area contributed by atoms with Crippen LogP contribution in [0.3, 0.4) is 0 Å². The molecule has 7 nitrogen and oxygen atoms in total. The first-order chi connectivity index (χ1) is 18.5. The maximum Gasteiger partial charge on any atom is 0.255 e. The van der Waals surface area contributed by atoms with E-state index in [4.69, 9.17) is 49.3 Å². The highest BCUT2D eigenvalue weighted by Gasteiger charge is 2.29. The highest BCUT2D eigenvalue weighted by Crippen LogP contribution is 2.42. The van der Waals surface area contributed by atoms with E-state index >= 15 is 0 Å². The molecule has 1 N–H and O–H groups in total. The number of ether oxygens (including phenoxy) is 2. The number of fused-ring (bicyclic) bond motifs is 2. The lowest BCUT2D eigenvalue weighted by Gasteiger charge is -2.32. The molecule has 0 bridgehead atoms. The lowest BCUT2D eigenvalue weighted by Crippen LogP contribution is -2.39. The lowest BCUT2D eigenvalue weighted by atomic mass is 9.99. The van der Waals surface area contributed by atoms with E-state index in [1.165, 1.54) is 0 Å². The van der Waals surface area contributed by atoms with Gasteiger partial charge in [0.2, 0.25) is 0 Å². The van der Waals surface area contributed by atoms with E-state index in [2.05, 4.69) is 15.2 Å². The molecule has 4 aromatic rings. The number of amides is 1. The third-order valence-electron chi connectivity index (χ3n) is 6.87. The first-order valence-electron chi connectivity index (χ1n) is 12.3. The molecular weight excluding hydrogens is 547 g/mol. The summed E-state index contributed by atoms with van der Waals surface area (Å²) in [6.45, 7) is 2.82. The average Bonchev–Trinajstić information content (AvgIpc) is 2.95. The predicted octanol–water partition coefficient (Wildman–Crippen LogP) is 6.35. The van der Waals surface area contributed by atoms with Crippen LogP contribution in [0.5, 0.6) is 5.75 Å². The van der Waals surface area contributed by atoms with Crippen LogP contribution in [0.15, 0.2) is 54.9 Å². The third kappa shape index (κ3) is 4.54. The predicted molar refractivity (Wildman–Crippen MR) is 150 cm³/mol. The molecule has 2 aliphatic rings. The second-order valence-electron chi connectivity index (χ2n) is 9.10. The van der Waals surface area contributed by atoms with Gasteiger partial charge in [0.25, 0.3) is 5.91 Å². The normalized spacial score (nSPS) is 17.1. The summed E-state index contributed by atoms with van der Waals surface area (Å²) < 4.78 is 11.4. The molecule has 2 aromatic carbocycles. The van der Waals surface area contributed by atoms with Crippen molar-refractivity contribution in [1.82, 2.24) is 15.3 Å². The number of pyridine rings is 2. The second-order valence-corrected chi connectivity index (χ2v) is 10.3. The molecule has 10 heteroatoms. The highest BCUT2D eigenvalue weighted by atomic mass is 35.5. The SMILES string of the molecule is O=C(N[C@H]1CCOc2ccccc21)c1cnc2c(-c3cccc(Cl)c3Cl)c(Cl)cnc2c1N1CCOCC1. The van der Waals surface area contributed by atoms with Gasteiger partial charge in [-0.15, -0.1) is 0 Å². The van der Waals surface area contributed by atoms with Gasteiger partial charge < -0.3 is 19.7 Å². The molecule has 0 unspecified atom stereocenters. The number of carbonyl (C=O) groups excluding carboxylic acids is 1. The third-order valence-corrected chi connectivity index (χ3v) is 7.97. The molecule has 1 amide bonds. The van der Waals surface area contributed by atoms with Crippen molar-refractivity contribution in [1.29, 1.82) is 0 Å². The molecule has 2 aliphatic heterocycles. The number of morpholine rings is 1. The molecule has 4 heterocycles. The number of halogens is 3. The molecule has 0 radical (unpaired) electrons. The standard InChI is InChI=1S/C28H23Cl3N4O3/c29-19-6-3-5-17(24(19)31)23-20(30)15-33-26-25(23)32-14-18(27(26)35-9-12-37-13-10-35)28(36)34-21-8-11-38-22-7-2-1-4-16(21)22/h1-7,14-15,21H,8-13H2,(H,34,36)/t21-/m0/s1. The number of para-hydroxylation sites is 1. The largest absolute Gasteiger partial charge is 0.493 e. The fraction of sp³-hybridized carbons (Fsp3) is 0.250. The number of nitrogens with zero attached hydrogens (tertiary/aromatic N) is 3. The Labute approximate surface area is 234 Å². The molecule has 194 valence electrons. The van der Waals surface area contributed by atoms with Crippen molar-refractivity contribution in [2.75, 3.05) is 37.8 Å². The summed E-state index contributed by atoms with van der Waals surface area (Å²) >= 11 is 19.6. The molecule has 0 spiro atoms. The van der Waals surface area contributed by atoms with Crippen LogP contribution in [0.2, 0.25) is 15.1 Å². The summed E-state index contributed by atoms with van der Waals surface area (Å²) in [7, 11) is 0. The van der Waals surface area contributed by atoms with Crippen LogP contribution in [-0.4, -0.2) is 48.8 Å². The molecular formula is C28H23Cl3N4O3. The summed E-state index contributed by atoms with van der Waals surface area (Å²) in [5.41, 5.74) is 4.43. The van der Waals surface area contributed by atoms with Crippen molar-refractivity contribution in [2.24, 2.45) is 0 Å². The van der Waals surface area contributed by atoms with Gasteiger partial charge in [-0.3, -0.25) is 14.8 Å². The van der Waals surface area contributed by atoms with Gasteiger partial charge in [0.05, 0.1) is 52.2 Å². The monoisotopic (exact) mass is 568 g/mol. The topological polar surface area (TPSA) is 76.6 Å². The maximum absolute atomic E-state index is 13.8. The molecule has 2 aromatic heterocycles. The van der Waals surface area contributed by atoms with Gasteiger partial charge in [-0.05, 0) is 12.1 Å². The first kappa shape index (κ1) is 25.2. The van der Waals surface area contributed by atoms with E-state index in [9.17, 15) is 4.79 Å². The Morgan fingerprint density at radius 3 is 2.55 bits per heavy atom. The molecule has 6 rings (SSSR count). The van der Waals surface area contributed by atoms with Crippen LogP contribution in [0.25, 0.3) is 22.2 Å². The Bertz CT molecular complexity index is 1540. The zero-order valence-electron chi connectivity index (χ0n) is 20.2. The van der Waals surface area contributed by atoms with Crippen LogP contribution in [0.4, 0.5) is 5.69 Å². The fourth-order valence-electron chi connectivity index (χ4n) is 5.05. The van der Waals surface area contributed by atoms with Gasteiger partial charge in [0.15, 0.2) is 0 Å². The number of rotatable bonds is 4. The number of hydrogen-bond acceptors (Lipinski definition) is 6. The van der Waals surface area contributed by atoms with E-state index in [1.54, 1.807) is 18.5 Å². The van der Waals surface area contributed by atoms with Gasteiger partial charge in [-0.25, -0.2) is 0 Å². The molecule has 1 saturated heterocycles. The number of anilines is 1. The average molecular weight is 570 g/mol. The number of carbonyl (C=O) groups is 1. The molecule has 0 saturated carbocycles. The van der Waals surface area contributed by atoms with Crippen LogP contribution in [0, 0.1) is 0 Å². The molecule has 1 fully saturated rings. The lowest BCUT2D eigenvalue weighted by molar-refractivity contribution is 0.0923. The van der Waals surface area contributed by atoms with Crippen LogP contribution in [-0.2, 0) is 4.74 Å². The number of benzene rings is 2. The maximum atomic E-state index is 13.8. The molecule has 38 heavy (non-hydrogen) atoms.